The number of hydrogen-bond acceptors (Lipinski definition) is 5. The Labute approximate surface area is 159 Å². The van der Waals surface area contributed by atoms with Crippen molar-refractivity contribution >= 4 is 23.5 Å². The fourth-order valence-corrected chi connectivity index (χ4v) is 3.28. The van der Waals surface area contributed by atoms with E-state index in [-0.39, 0.29) is 47.4 Å². The van der Waals surface area contributed by atoms with E-state index in [9.17, 15) is 19.1 Å². The number of pyridine rings is 1. The average Bonchev–Trinajstić information content (AvgIpc) is 2.65. The van der Waals surface area contributed by atoms with E-state index < -0.39 is 17.7 Å². The highest BCUT2D eigenvalue weighted by atomic mass is 35.5. The predicted molar refractivity (Wildman–Crippen MR) is 94.2 cm³/mol. The molecule has 0 atom stereocenters. The number of nitrogens with zero attached hydrogens (tertiary/aromatic N) is 2. The van der Waals surface area contributed by atoms with Gasteiger partial charge in [0.25, 0.3) is 11.8 Å². The van der Waals surface area contributed by atoms with Gasteiger partial charge in [-0.1, -0.05) is 17.7 Å². The van der Waals surface area contributed by atoms with Crippen LogP contribution in [-0.2, 0) is 13.0 Å². The van der Waals surface area contributed by atoms with Gasteiger partial charge in [-0.15, -0.1) is 0 Å². The SMILES string of the molecule is COc1nc(C(=O)O)c2c(c1OC)C(=O)N(Cc1ccc(F)c(Cl)c1)CC2. The van der Waals surface area contributed by atoms with Crippen LogP contribution in [0, 0.1) is 5.82 Å². The molecule has 27 heavy (non-hydrogen) atoms. The van der Waals surface area contributed by atoms with Crippen LogP contribution in [0.15, 0.2) is 18.2 Å². The molecule has 0 saturated carbocycles. The number of hydrogen-bond donors (Lipinski definition) is 1. The average molecular weight is 395 g/mol. The Morgan fingerprint density at radius 2 is 2.11 bits per heavy atom. The van der Waals surface area contributed by atoms with Gasteiger partial charge in [-0.05, 0) is 24.1 Å². The van der Waals surface area contributed by atoms with Crippen molar-refractivity contribution in [2.45, 2.75) is 13.0 Å². The lowest BCUT2D eigenvalue weighted by Crippen LogP contribution is -2.38. The summed E-state index contributed by atoms with van der Waals surface area (Å²) in [6.07, 6.45) is 0.283. The maximum absolute atomic E-state index is 13.3. The van der Waals surface area contributed by atoms with E-state index in [0.717, 1.165) is 0 Å². The van der Waals surface area contributed by atoms with E-state index in [1.165, 1.54) is 37.3 Å². The maximum Gasteiger partial charge on any atom is 0.354 e. The second kappa shape index (κ2) is 7.40. The molecule has 2 heterocycles. The van der Waals surface area contributed by atoms with Gasteiger partial charge in [-0.3, -0.25) is 4.79 Å². The molecule has 0 fully saturated rings. The Balaban J connectivity index is 2.03. The minimum absolute atomic E-state index is 0.0334. The molecular weight excluding hydrogens is 379 g/mol. The van der Waals surface area contributed by atoms with Crippen LogP contribution in [0.5, 0.6) is 11.6 Å². The largest absolute Gasteiger partial charge is 0.491 e. The highest BCUT2D eigenvalue weighted by molar-refractivity contribution is 6.30. The molecule has 3 rings (SSSR count). The van der Waals surface area contributed by atoms with Crippen molar-refractivity contribution < 1.29 is 28.6 Å². The summed E-state index contributed by atoms with van der Waals surface area (Å²) in [5, 5.41) is 9.40. The van der Waals surface area contributed by atoms with Crippen molar-refractivity contribution in [1.82, 2.24) is 9.88 Å². The van der Waals surface area contributed by atoms with E-state index in [4.69, 9.17) is 21.1 Å². The zero-order chi connectivity index (χ0) is 19.7. The standard InChI is InChI=1S/C18H16ClFN2O5/c1-26-15-13-10(14(18(24)25)21-16(15)27-2)5-6-22(17(13)23)8-9-3-4-12(20)11(19)7-9/h3-4,7H,5-6,8H2,1-2H3,(H,24,25). The minimum atomic E-state index is -1.25. The smallest absolute Gasteiger partial charge is 0.354 e. The molecule has 0 spiro atoms. The van der Waals surface area contributed by atoms with Gasteiger partial charge in [0.1, 0.15) is 5.82 Å². The zero-order valence-corrected chi connectivity index (χ0v) is 15.3. The van der Waals surface area contributed by atoms with Gasteiger partial charge in [-0.25, -0.2) is 14.2 Å². The first-order valence-corrected chi connectivity index (χ1v) is 8.36. The summed E-state index contributed by atoms with van der Waals surface area (Å²) in [7, 11) is 2.67. The lowest BCUT2D eigenvalue weighted by atomic mass is 9.96. The number of aromatic nitrogens is 1. The molecule has 0 bridgehead atoms. The Kier molecular flexibility index (Phi) is 5.18. The molecule has 0 radical (unpaired) electrons. The van der Waals surface area contributed by atoms with E-state index in [2.05, 4.69) is 4.98 Å². The Morgan fingerprint density at radius 3 is 2.70 bits per heavy atom. The van der Waals surface area contributed by atoms with Crippen LogP contribution in [0.3, 0.4) is 0 Å². The number of aromatic carboxylic acids is 1. The van der Waals surface area contributed by atoms with Crippen molar-refractivity contribution in [3.63, 3.8) is 0 Å². The second-order valence-corrected chi connectivity index (χ2v) is 6.29. The number of carbonyl (C=O) groups excluding carboxylic acids is 1. The van der Waals surface area contributed by atoms with E-state index >= 15 is 0 Å². The van der Waals surface area contributed by atoms with Crippen LogP contribution in [-0.4, -0.2) is 47.6 Å². The first kappa shape index (κ1) is 18.9. The van der Waals surface area contributed by atoms with E-state index in [1.807, 2.05) is 0 Å². The molecule has 0 aliphatic carbocycles. The van der Waals surface area contributed by atoms with Gasteiger partial charge in [0.15, 0.2) is 11.4 Å². The number of carboxylic acids is 1. The van der Waals surface area contributed by atoms with Gasteiger partial charge in [0.2, 0.25) is 0 Å². The van der Waals surface area contributed by atoms with E-state index in [0.29, 0.717) is 11.1 Å². The lowest BCUT2D eigenvalue weighted by Gasteiger charge is -2.30. The number of fused-ring (bicyclic) bond motifs is 1. The third-order valence-electron chi connectivity index (χ3n) is 4.31. The van der Waals surface area contributed by atoms with Gasteiger partial charge >= 0.3 is 5.97 Å². The van der Waals surface area contributed by atoms with Crippen LogP contribution in [0.2, 0.25) is 5.02 Å². The summed E-state index contributed by atoms with van der Waals surface area (Å²) < 4.78 is 23.7. The van der Waals surface area contributed by atoms with Crippen LogP contribution in [0.1, 0.15) is 32.0 Å². The Morgan fingerprint density at radius 1 is 1.37 bits per heavy atom. The van der Waals surface area contributed by atoms with Crippen molar-refractivity contribution in [2.75, 3.05) is 20.8 Å². The molecule has 0 saturated heterocycles. The molecule has 9 heteroatoms. The molecule has 1 aromatic carbocycles. The second-order valence-electron chi connectivity index (χ2n) is 5.89. The first-order valence-electron chi connectivity index (χ1n) is 7.98. The van der Waals surface area contributed by atoms with Crippen molar-refractivity contribution in [2.24, 2.45) is 0 Å². The molecule has 1 aromatic heterocycles. The number of amides is 1. The van der Waals surface area contributed by atoms with Crippen molar-refractivity contribution in [1.29, 1.82) is 0 Å². The fourth-order valence-electron chi connectivity index (χ4n) is 3.07. The molecule has 2 aromatic rings. The summed E-state index contributed by atoms with van der Waals surface area (Å²) in [5.41, 5.74) is 0.830. The van der Waals surface area contributed by atoms with Crippen LogP contribution < -0.4 is 9.47 Å². The number of ether oxygens (including phenoxy) is 2. The van der Waals surface area contributed by atoms with Gasteiger partial charge in [-0.2, -0.15) is 0 Å². The number of methoxy groups -OCH3 is 2. The summed E-state index contributed by atoms with van der Waals surface area (Å²) in [4.78, 5) is 30.1. The number of benzene rings is 1. The molecule has 1 aliphatic rings. The molecule has 1 aliphatic heterocycles. The molecule has 142 valence electrons. The fraction of sp³-hybridized carbons (Fsp3) is 0.278. The van der Waals surface area contributed by atoms with Gasteiger partial charge < -0.3 is 19.5 Å². The van der Waals surface area contributed by atoms with Crippen LogP contribution >= 0.6 is 11.6 Å². The summed E-state index contributed by atoms with van der Waals surface area (Å²) >= 11 is 5.80. The monoisotopic (exact) mass is 394 g/mol. The number of halogens is 2. The molecule has 1 amide bonds. The minimum Gasteiger partial charge on any atom is -0.491 e. The zero-order valence-electron chi connectivity index (χ0n) is 14.6. The summed E-state index contributed by atoms with van der Waals surface area (Å²) in [6.45, 7) is 0.465. The maximum atomic E-state index is 13.3. The number of rotatable bonds is 5. The Bertz CT molecular complexity index is 934. The van der Waals surface area contributed by atoms with Crippen LogP contribution in [0.4, 0.5) is 4.39 Å². The van der Waals surface area contributed by atoms with Crippen molar-refractivity contribution in [3.05, 3.63) is 51.4 Å². The first-order chi connectivity index (χ1) is 12.9. The highest BCUT2D eigenvalue weighted by Crippen LogP contribution is 2.37. The topological polar surface area (TPSA) is 89.0 Å². The van der Waals surface area contributed by atoms with E-state index in [1.54, 1.807) is 0 Å². The molecular formula is C18H16ClFN2O5. The third-order valence-corrected chi connectivity index (χ3v) is 4.60. The number of carboxylic acid groups (broad SMARTS) is 1. The molecule has 7 nitrogen and oxygen atoms in total. The summed E-state index contributed by atoms with van der Waals surface area (Å²) in [5.74, 6) is -2.20. The van der Waals surface area contributed by atoms with Gasteiger partial charge in [0.05, 0.1) is 24.8 Å². The predicted octanol–water partition coefficient (Wildman–Crippen LogP) is 2.79. The Hall–Kier alpha value is -2.87. The lowest BCUT2D eigenvalue weighted by molar-refractivity contribution is 0.0682. The molecule has 0 unspecified atom stereocenters. The normalized spacial score (nSPS) is 13.3. The quantitative estimate of drug-likeness (QED) is 0.838. The number of carbonyl (C=O) groups is 2. The van der Waals surface area contributed by atoms with Crippen LogP contribution in [0.25, 0.3) is 0 Å². The van der Waals surface area contributed by atoms with Gasteiger partial charge in [0, 0.05) is 18.7 Å². The van der Waals surface area contributed by atoms with Crippen molar-refractivity contribution in [3.8, 4) is 11.6 Å². The molecule has 1 N–H and O–H groups in total. The summed E-state index contributed by atoms with van der Waals surface area (Å²) in [6, 6.07) is 4.22. The third kappa shape index (κ3) is 3.40. The highest BCUT2D eigenvalue weighted by Gasteiger charge is 2.34.